The lowest BCUT2D eigenvalue weighted by atomic mass is 10.0. The number of hydrogen-bond donors (Lipinski definition) is 3. The number of H-pyrrole nitrogens is 1. The highest BCUT2D eigenvalue weighted by molar-refractivity contribution is 7.71. The van der Waals surface area contributed by atoms with E-state index >= 15 is 0 Å². The number of amides is 3. The van der Waals surface area contributed by atoms with E-state index in [1.807, 2.05) is 0 Å². The van der Waals surface area contributed by atoms with Crippen molar-refractivity contribution in [2.45, 2.75) is 25.3 Å². The van der Waals surface area contributed by atoms with E-state index in [4.69, 9.17) is 22.4 Å². The van der Waals surface area contributed by atoms with Gasteiger partial charge >= 0.3 is 6.03 Å². The molecule has 0 spiro atoms. The molecule has 1 aromatic heterocycles. The summed E-state index contributed by atoms with van der Waals surface area (Å²) in [7, 11) is 0. The number of nitrogens with one attached hydrogen (secondary N) is 2. The first-order valence-corrected chi connectivity index (χ1v) is 7.92. The minimum absolute atomic E-state index is 0.0443. The zero-order chi connectivity index (χ0) is 16.4. The maximum Gasteiger partial charge on any atom is 0.312 e. The number of likely N-dealkylation sites (tertiary alicyclic amines) is 1. The van der Waals surface area contributed by atoms with Crippen LogP contribution in [-0.4, -0.2) is 41.0 Å². The second-order valence-corrected chi connectivity index (χ2v) is 5.99. The summed E-state index contributed by atoms with van der Waals surface area (Å²) in [4.78, 5) is 28.7. The van der Waals surface area contributed by atoms with Crippen LogP contribution < -0.4 is 11.1 Å². The van der Waals surface area contributed by atoms with Crippen molar-refractivity contribution in [3.8, 4) is 0 Å². The topological polar surface area (TPSA) is 104 Å². The molecule has 1 fully saturated rings. The lowest BCUT2D eigenvalue weighted by Crippen LogP contribution is -2.50. The molecule has 1 saturated heterocycles. The fraction of sp³-hybridized carbons (Fsp3) is 0.400. The normalized spacial score (nSPS) is 18.1. The van der Waals surface area contributed by atoms with Crippen molar-refractivity contribution in [1.29, 1.82) is 0 Å². The van der Waals surface area contributed by atoms with Gasteiger partial charge in [0.2, 0.25) is 0 Å². The minimum Gasteiger partial charge on any atom is -0.429 e. The fourth-order valence-electron chi connectivity index (χ4n) is 2.94. The number of fused-ring (bicyclic) bond motifs is 1. The SMILES string of the molecule is NC(=O)NC[C@@H]1CCCCN1C(=O)c1ccc2[nH]c(=S)oc2c1. The zero-order valence-corrected chi connectivity index (χ0v) is 13.3. The molecule has 0 aliphatic carbocycles. The van der Waals surface area contributed by atoms with E-state index in [1.165, 1.54) is 0 Å². The number of carbonyl (C=O) groups is 2. The largest absolute Gasteiger partial charge is 0.429 e. The molecule has 1 aliphatic heterocycles. The van der Waals surface area contributed by atoms with Gasteiger partial charge in [0.1, 0.15) is 0 Å². The Balaban J connectivity index is 1.82. The Morgan fingerprint density at radius 1 is 1.43 bits per heavy atom. The molecular weight excluding hydrogens is 316 g/mol. The third kappa shape index (κ3) is 3.37. The summed E-state index contributed by atoms with van der Waals surface area (Å²) in [5.41, 5.74) is 6.99. The summed E-state index contributed by atoms with van der Waals surface area (Å²) in [5.74, 6) is -0.0785. The number of oxazole rings is 1. The van der Waals surface area contributed by atoms with Crippen molar-refractivity contribution in [2.75, 3.05) is 13.1 Å². The van der Waals surface area contributed by atoms with E-state index in [1.54, 1.807) is 23.1 Å². The third-order valence-corrected chi connectivity index (χ3v) is 4.25. The number of benzene rings is 1. The van der Waals surface area contributed by atoms with E-state index in [9.17, 15) is 9.59 Å². The van der Waals surface area contributed by atoms with Gasteiger partial charge in [0.25, 0.3) is 10.7 Å². The molecule has 122 valence electrons. The van der Waals surface area contributed by atoms with Crippen LogP contribution in [-0.2, 0) is 0 Å². The number of aromatic amines is 1. The number of rotatable bonds is 3. The molecule has 1 atom stereocenters. The molecule has 7 nitrogen and oxygen atoms in total. The van der Waals surface area contributed by atoms with Gasteiger partial charge in [-0.15, -0.1) is 0 Å². The van der Waals surface area contributed by atoms with Gasteiger partial charge in [-0.3, -0.25) is 4.79 Å². The van der Waals surface area contributed by atoms with Crippen molar-refractivity contribution in [3.05, 3.63) is 28.6 Å². The summed E-state index contributed by atoms with van der Waals surface area (Å²) in [6, 6.07) is 4.60. The predicted octanol–water partition coefficient (Wildman–Crippen LogP) is 2.15. The fourth-order valence-corrected chi connectivity index (χ4v) is 3.14. The van der Waals surface area contributed by atoms with Crippen LogP contribution in [0.2, 0.25) is 0 Å². The van der Waals surface area contributed by atoms with Crippen molar-refractivity contribution in [2.24, 2.45) is 5.73 Å². The van der Waals surface area contributed by atoms with Gasteiger partial charge in [0, 0.05) is 24.7 Å². The average Bonchev–Trinajstić information content (AvgIpc) is 2.91. The molecule has 2 aromatic rings. The molecule has 1 aromatic carbocycles. The highest BCUT2D eigenvalue weighted by Crippen LogP contribution is 2.22. The molecule has 1 aliphatic rings. The van der Waals surface area contributed by atoms with Crippen LogP contribution in [0.25, 0.3) is 11.1 Å². The summed E-state index contributed by atoms with van der Waals surface area (Å²) < 4.78 is 5.37. The van der Waals surface area contributed by atoms with Gasteiger partial charge in [-0.1, -0.05) is 0 Å². The number of carbonyl (C=O) groups excluding carboxylic acids is 2. The van der Waals surface area contributed by atoms with E-state index in [0.29, 0.717) is 24.2 Å². The van der Waals surface area contributed by atoms with Crippen LogP contribution in [0.5, 0.6) is 0 Å². The maximum atomic E-state index is 12.8. The molecule has 8 heteroatoms. The van der Waals surface area contributed by atoms with Gasteiger partial charge in [-0.25, -0.2) is 4.79 Å². The number of urea groups is 1. The van der Waals surface area contributed by atoms with Gasteiger partial charge < -0.3 is 25.4 Å². The predicted molar refractivity (Wildman–Crippen MR) is 87.7 cm³/mol. The Bertz CT molecular complexity index is 797. The number of nitrogens with two attached hydrogens (primary N) is 1. The Kier molecular flexibility index (Phi) is 4.33. The third-order valence-electron chi connectivity index (χ3n) is 4.07. The van der Waals surface area contributed by atoms with Crippen LogP contribution >= 0.6 is 12.2 Å². The van der Waals surface area contributed by atoms with E-state index in [2.05, 4.69) is 10.3 Å². The van der Waals surface area contributed by atoms with Crippen LogP contribution in [0.4, 0.5) is 4.79 Å². The summed E-state index contributed by atoms with van der Waals surface area (Å²) >= 11 is 4.96. The highest BCUT2D eigenvalue weighted by atomic mass is 32.1. The molecule has 0 saturated carbocycles. The Labute approximate surface area is 137 Å². The number of primary amides is 1. The zero-order valence-electron chi connectivity index (χ0n) is 12.5. The average molecular weight is 334 g/mol. The van der Waals surface area contributed by atoms with Crippen LogP contribution in [0, 0.1) is 4.84 Å². The quantitative estimate of drug-likeness (QED) is 0.748. The molecule has 4 N–H and O–H groups in total. The van der Waals surface area contributed by atoms with Crippen molar-refractivity contribution in [1.82, 2.24) is 15.2 Å². The highest BCUT2D eigenvalue weighted by Gasteiger charge is 2.27. The van der Waals surface area contributed by atoms with Crippen molar-refractivity contribution >= 4 is 35.3 Å². The van der Waals surface area contributed by atoms with Gasteiger partial charge in [-0.05, 0) is 49.7 Å². The number of aromatic nitrogens is 1. The Morgan fingerprint density at radius 3 is 3.04 bits per heavy atom. The second kappa shape index (κ2) is 6.41. The molecule has 0 radical (unpaired) electrons. The molecule has 2 heterocycles. The first-order valence-electron chi connectivity index (χ1n) is 7.52. The molecule has 0 bridgehead atoms. The van der Waals surface area contributed by atoms with E-state index in [0.717, 1.165) is 24.8 Å². The lowest BCUT2D eigenvalue weighted by Gasteiger charge is -2.35. The Hall–Kier alpha value is -2.35. The number of hydrogen-bond acceptors (Lipinski definition) is 4. The second-order valence-electron chi connectivity index (χ2n) is 5.62. The molecule has 3 amide bonds. The van der Waals surface area contributed by atoms with Crippen molar-refractivity contribution < 1.29 is 14.0 Å². The molecule has 0 unspecified atom stereocenters. The van der Waals surface area contributed by atoms with Crippen molar-refractivity contribution in [3.63, 3.8) is 0 Å². The van der Waals surface area contributed by atoms with Crippen LogP contribution in [0.1, 0.15) is 29.6 Å². The van der Waals surface area contributed by atoms with Gasteiger partial charge in [-0.2, -0.15) is 0 Å². The Morgan fingerprint density at radius 2 is 2.26 bits per heavy atom. The van der Waals surface area contributed by atoms with Gasteiger partial charge in [0.05, 0.1) is 5.52 Å². The first kappa shape index (κ1) is 15.5. The smallest absolute Gasteiger partial charge is 0.312 e. The standard InChI is InChI=1S/C15H18N4O3S/c16-14(21)17-8-10-3-1-2-6-19(10)13(20)9-4-5-11-12(7-9)22-15(23)18-11/h4-5,7,10H,1-3,6,8H2,(H,18,23)(H3,16,17,21)/t10-/m0/s1. The van der Waals surface area contributed by atoms with E-state index < -0.39 is 6.03 Å². The van der Waals surface area contributed by atoms with E-state index in [-0.39, 0.29) is 16.8 Å². The molecular formula is C15H18N4O3S. The maximum absolute atomic E-state index is 12.8. The number of nitrogens with zero attached hydrogens (tertiary/aromatic N) is 1. The van der Waals surface area contributed by atoms with Gasteiger partial charge in [0.15, 0.2) is 5.58 Å². The van der Waals surface area contributed by atoms with Crippen LogP contribution in [0.3, 0.4) is 0 Å². The number of piperidine rings is 1. The minimum atomic E-state index is -0.575. The summed E-state index contributed by atoms with van der Waals surface area (Å²) in [5, 5.41) is 2.59. The first-order chi connectivity index (χ1) is 11.0. The van der Waals surface area contributed by atoms with Crippen LogP contribution in [0.15, 0.2) is 22.6 Å². The monoisotopic (exact) mass is 334 g/mol. The molecule has 23 heavy (non-hydrogen) atoms. The lowest BCUT2D eigenvalue weighted by molar-refractivity contribution is 0.0615. The summed E-state index contributed by atoms with van der Waals surface area (Å²) in [6.45, 7) is 1.03. The molecule has 3 rings (SSSR count). The summed E-state index contributed by atoms with van der Waals surface area (Å²) in [6.07, 6.45) is 2.82.